The smallest absolute Gasteiger partial charge is 0.145 e. The fourth-order valence-electron chi connectivity index (χ4n) is 2.33. The van der Waals surface area contributed by atoms with Gasteiger partial charge in [0.15, 0.2) is 0 Å². The molecule has 1 saturated heterocycles. The second-order valence-corrected chi connectivity index (χ2v) is 4.50. The van der Waals surface area contributed by atoms with Crippen molar-refractivity contribution in [2.45, 2.75) is 31.8 Å². The summed E-state index contributed by atoms with van der Waals surface area (Å²) in [5, 5.41) is 17.9. The third-order valence-electron chi connectivity index (χ3n) is 3.34. The van der Waals surface area contributed by atoms with Crippen LogP contribution >= 0.6 is 0 Å². The fraction of sp³-hybridized carbons (Fsp3) is 0.429. The Labute approximate surface area is 106 Å². The van der Waals surface area contributed by atoms with Crippen LogP contribution in [0.15, 0.2) is 18.2 Å². The second kappa shape index (κ2) is 5.62. The predicted molar refractivity (Wildman–Crippen MR) is 64.8 cm³/mol. The van der Waals surface area contributed by atoms with E-state index >= 15 is 0 Å². The molecule has 2 rings (SSSR count). The van der Waals surface area contributed by atoms with E-state index in [1.54, 1.807) is 12.1 Å². The molecule has 1 fully saturated rings. The van der Waals surface area contributed by atoms with Gasteiger partial charge in [0.05, 0.1) is 17.7 Å². The molecule has 1 heterocycles. The Kier molecular flexibility index (Phi) is 3.92. The number of nitrogens with zero attached hydrogens (tertiary/aromatic N) is 3. The van der Waals surface area contributed by atoms with E-state index < -0.39 is 5.82 Å². The Bertz CT molecular complexity index is 513. The summed E-state index contributed by atoms with van der Waals surface area (Å²) >= 11 is 0. The molecule has 4 heteroatoms. The minimum absolute atomic E-state index is 0.0676. The molecular weight excluding hydrogens is 229 g/mol. The number of benzene rings is 1. The lowest BCUT2D eigenvalue weighted by atomic mass is 10.0. The van der Waals surface area contributed by atoms with E-state index in [4.69, 9.17) is 10.5 Å². The van der Waals surface area contributed by atoms with Crippen LogP contribution in [0.5, 0.6) is 0 Å². The summed E-state index contributed by atoms with van der Waals surface area (Å²) in [4.78, 5) is 1.99. The molecule has 0 aliphatic carbocycles. The van der Waals surface area contributed by atoms with E-state index in [2.05, 4.69) is 6.07 Å². The van der Waals surface area contributed by atoms with Crippen molar-refractivity contribution in [3.05, 3.63) is 35.1 Å². The van der Waals surface area contributed by atoms with Crippen molar-refractivity contribution in [1.82, 2.24) is 4.90 Å². The van der Waals surface area contributed by atoms with Gasteiger partial charge in [-0.05, 0) is 31.9 Å². The van der Waals surface area contributed by atoms with Crippen LogP contribution < -0.4 is 0 Å². The lowest BCUT2D eigenvalue weighted by Gasteiger charge is -2.31. The topological polar surface area (TPSA) is 50.8 Å². The van der Waals surface area contributed by atoms with Crippen LogP contribution in [0.1, 0.15) is 30.4 Å². The van der Waals surface area contributed by atoms with E-state index in [-0.39, 0.29) is 11.6 Å². The van der Waals surface area contributed by atoms with E-state index in [0.717, 1.165) is 25.8 Å². The number of piperidine rings is 1. The first kappa shape index (κ1) is 12.5. The molecule has 3 nitrogen and oxygen atoms in total. The molecule has 0 aromatic heterocycles. The van der Waals surface area contributed by atoms with Crippen molar-refractivity contribution in [1.29, 1.82) is 10.5 Å². The van der Waals surface area contributed by atoms with Gasteiger partial charge < -0.3 is 0 Å². The molecule has 0 saturated carbocycles. The van der Waals surface area contributed by atoms with Crippen molar-refractivity contribution >= 4 is 0 Å². The summed E-state index contributed by atoms with van der Waals surface area (Å²) in [6.07, 6.45) is 2.93. The molecule has 0 bridgehead atoms. The Morgan fingerprint density at radius 2 is 2.17 bits per heavy atom. The third kappa shape index (κ3) is 2.50. The molecule has 92 valence electrons. The number of nitriles is 2. The second-order valence-electron chi connectivity index (χ2n) is 4.50. The molecule has 0 radical (unpaired) electrons. The lowest BCUT2D eigenvalue weighted by molar-refractivity contribution is 0.174. The van der Waals surface area contributed by atoms with Gasteiger partial charge in [0.25, 0.3) is 0 Å². The summed E-state index contributed by atoms with van der Waals surface area (Å²) in [5.41, 5.74) is 0.564. The van der Waals surface area contributed by atoms with Gasteiger partial charge in [-0.25, -0.2) is 4.39 Å². The molecule has 1 atom stereocenters. The summed E-state index contributed by atoms with van der Waals surface area (Å²) in [6.45, 7) is 1.22. The van der Waals surface area contributed by atoms with Crippen LogP contribution in [0.3, 0.4) is 0 Å². The van der Waals surface area contributed by atoms with Crippen molar-refractivity contribution in [2.24, 2.45) is 0 Å². The molecule has 1 aliphatic heterocycles. The van der Waals surface area contributed by atoms with E-state index in [9.17, 15) is 4.39 Å². The van der Waals surface area contributed by atoms with Crippen LogP contribution in [-0.2, 0) is 6.54 Å². The Morgan fingerprint density at radius 3 is 2.89 bits per heavy atom. The molecule has 1 aromatic carbocycles. The fourth-order valence-corrected chi connectivity index (χ4v) is 2.33. The maximum Gasteiger partial charge on any atom is 0.145 e. The maximum atomic E-state index is 13.9. The first-order valence-corrected chi connectivity index (χ1v) is 6.07. The highest BCUT2D eigenvalue weighted by Gasteiger charge is 2.23. The van der Waals surface area contributed by atoms with Crippen LogP contribution in [0.25, 0.3) is 0 Å². The van der Waals surface area contributed by atoms with Crippen LogP contribution in [0.4, 0.5) is 4.39 Å². The quantitative estimate of drug-likeness (QED) is 0.802. The zero-order chi connectivity index (χ0) is 13.0. The van der Waals surface area contributed by atoms with Crippen LogP contribution in [0, 0.1) is 28.5 Å². The normalized spacial score (nSPS) is 20.1. The average molecular weight is 243 g/mol. The van der Waals surface area contributed by atoms with Gasteiger partial charge >= 0.3 is 0 Å². The van der Waals surface area contributed by atoms with Crippen LogP contribution in [0.2, 0.25) is 0 Å². The summed E-state index contributed by atoms with van der Waals surface area (Å²) in [5.74, 6) is -0.456. The van der Waals surface area contributed by atoms with Gasteiger partial charge in [0, 0.05) is 12.1 Å². The summed E-state index contributed by atoms with van der Waals surface area (Å²) < 4.78 is 13.9. The van der Waals surface area contributed by atoms with Gasteiger partial charge in [0.1, 0.15) is 11.9 Å². The van der Waals surface area contributed by atoms with E-state index in [1.165, 1.54) is 6.07 Å². The highest BCUT2D eigenvalue weighted by atomic mass is 19.1. The van der Waals surface area contributed by atoms with Gasteiger partial charge in [-0.15, -0.1) is 0 Å². The van der Waals surface area contributed by atoms with E-state index in [1.807, 2.05) is 11.0 Å². The zero-order valence-corrected chi connectivity index (χ0v) is 10.1. The number of hydrogen-bond acceptors (Lipinski definition) is 3. The Morgan fingerprint density at radius 1 is 1.33 bits per heavy atom. The highest BCUT2D eigenvalue weighted by molar-refractivity contribution is 5.35. The molecular formula is C14H14FN3. The summed E-state index contributed by atoms with van der Waals surface area (Å²) in [7, 11) is 0. The number of rotatable bonds is 2. The van der Waals surface area contributed by atoms with Gasteiger partial charge in [0.2, 0.25) is 0 Å². The maximum absolute atomic E-state index is 13.9. The Balaban J connectivity index is 2.19. The molecule has 1 unspecified atom stereocenters. The molecule has 0 amide bonds. The van der Waals surface area contributed by atoms with E-state index in [0.29, 0.717) is 12.1 Å². The third-order valence-corrected chi connectivity index (χ3v) is 3.34. The number of halogens is 1. The molecule has 0 spiro atoms. The molecule has 0 N–H and O–H groups in total. The van der Waals surface area contributed by atoms with Gasteiger partial charge in [-0.2, -0.15) is 10.5 Å². The molecule has 18 heavy (non-hydrogen) atoms. The average Bonchev–Trinajstić information content (AvgIpc) is 2.42. The van der Waals surface area contributed by atoms with Gasteiger partial charge in [-0.3, -0.25) is 4.90 Å². The minimum atomic E-state index is -0.456. The highest BCUT2D eigenvalue weighted by Crippen LogP contribution is 2.21. The van der Waals surface area contributed by atoms with Crippen molar-refractivity contribution in [2.75, 3.05) is 6.54 Å². The lowest BCUT2D eigenvalue weighted by Crippen LogP contribution is -2.38. The van der Waals surface area contributed by atoms with Crippen molar-refractivity contribution < 1.29 is 4.39 Å². The van der Waals surface area contributed by atoms with Crippen molar-refractivity contribution in [3.8, 4) is 12.1 Å². The molecule has 1 aromatic rings. The predicted octanol–water partition coefficient (Wildman–Crippen LogP) is 2.58. The number of likely N-dealkylation sites (tertiary alicyclic amines) is 1. The SMILES string of the molecule is N#Cc1cccc(CN2CCCCC2C#N)c1F. The first-order valence-electron chi connectivity index (χ1n) is 6.07. The van der Waals surface area contributed by atoms with Crippen molar-refractivity contribution in [3.63, 3.8) is 0 Å². The standard InChI is InChI=1S/C14H14FN3/c15-14-11(8-16)4-3-5-12(14)10-18-7-2-1-6-13(18)9-17/h3-5,13H,1-2,6-7,10H2. The largest absolute Gasteiger partial charge is 0.284 e. The number of hydrogen-bond donors (Lipinski definition) is 0. The summed E-state index contributed by atoms with van der Waals surface area (Å²) in [6, 6.07) is 8.80. The monoisotopic (exact) mass is 243 g/mol. The molecule has 1 aliphatic rings. The van der Waals surface area contributed by atoms with Crippen LogP contribution in [-0.4, -0.2) is 17.5 Å². The first-order chi connectivity index (χ1) is 8.76. The van der Waals surface area contributed by atoms with Gasteiger partial charge in [-0.1, -0.05) is 12.1 Å². The zero-order valence-electron chi connectivity index (χ0n) is 10.1. The minimum Gasteiger partial charge on any atom is -0.284 e. The Hall–Kier alpha value is -1.91.